The third-order valence-electron chi connectivity index (χ3n) is 2.15. The average Bonchev–Trinajstić information content (AvgIpc) is 2.90. The maximum Gasteiger partial charge on any atom is 0.270 e. The van der Waals surface area contributed by atoms with Crippen molar-refractivity contribution >= 4 is 17.2 Å². The van der Waals surface area contributed by atoms with Crippen molar-refractivity contribution in [3.05, 3.63) is 46.7 Å². The Labute approximate surface area is 107 Å². The normalized spacial score (nSPS) is 10.1. The molecule has 1 aromatic heterocycles. The first-order valence-electron chi connectivity index (χ1n) is 5.31. The molecule has 4 nitrogen and oxygen atoms in total. The molecular weight excluding hydrogens is 255 g/mol. The molecule has 2 rings (SSSR count). The van der Waals surface area contributed by atoms with Gasteiger partial charge in [-0.2, -0.15) is 0 Å². The Morgan fingerprint density at radius 2 is 2.28 bits per heavy atom. The SMILES string of the molecule is O=C(NCCOc1ccccc1F)c1cscn1. The van der Waals surface area contributed by atoms with E-state index in [1.807, 2.05) is 0 Å². The molecule has 0 spiro atoms. The van der Waals surface area contributed by atoms with E-state index in [1.165, 1.54) is 23.5 Å². The van der Waals surface area contributed by atoms with Gasteiger partial charge in [-0.25, -0.2) is 9.37 Å². The van der Waals surface area contributed by atoms with Gasteiger partial charge in [0.25, 0.3) is 5.91 Å². The third-order valence-corrected chi connectivity index (χ3v) is 2.73. The van der Waals surface area contributed by atoms with Gasteiger partial charge < -0.3 is 10.1 Å². The van der Waals surface area contributed by atoms with Crippen LogP contribution in [0.2, 0.25) is 0 Å². The second kappa shape index (κ2) is 6.11. The Bertz CT molecular complexity index is 517. The maximum atomic E-state index is 13.2. The number of nitrogens with one attached hydrogen (secondary N) is 1. The van der Waals surface area contributed by atoms with E-state index in [2.05, 4.69) is 10.3 Å². The minimum atomic E-state index is -0.414. The number of halogens is 1. The van der Waals surface area contributed by atoms with Gasteiger partial charge in [0.15, 0.2) is 11.6 Å². The topological polar surface area (TPSA) is 51.2 Å². The summed E-state index contributed by atoms with van der Waals surface area (Å²) in [5.74, 6) is -0.489. The molecular formula is C12H11FN2O2S. The lowest BCUT2D eigenvalue weighted by atomic mass is 10.3. The van der Waals surface area contributed by atoms with Gasteiger partial charge in [-0.3, -0.25) is 4.79 Å². The fourth-order valence-corrected chi connectivity index (χ4v) is 1.83. The number of aromatic nitrogens is 1. The average molecular weight is 266 g/mol. The van der Waals surface area contributed by atoms with Gasteiger partial charge in [0.05, 0.1) is 12.1 Å². The number of para-hydroxylation sites is 1. The largest absolute Gasteiger partial charge is 0.489 e. The first kappa shape index (κ1) is 12.5. The van der Waals surface area contributed by atoms with Crippen LogP contribution in [0.3, 0.4) is 0 Å². The van der Waals surface area contributed by atoms with Crippen LogP contribution >= 0.6 is 11.3 Å². The first-order chi connectivity index (χ1) is 8.77. The summed E-state index contributed by atoms with van der Waals surface area (Å²) in [6, 6.07) is 6.14. The summed E-state index contributed by atoms with van der Waals surface area (Å²) in [6.45, 7) is 0.501. The van der Waals surface area contributed by atoms with Gasteiger partial charge >= 0.3 is 0 Å². The fourth-order valence-electron chi connectivity index (χ4n) is 1.30. The van der Waals surface area contributed by atoms with Crippen molar-refractivity contribution in [1.82, 2.24) is 10.3 Å². The summed E-state index contributed by atoms with van der Waals surface area (Å²) < 4.78 is 18.4. The number of hydrogen-bond donors (Lipinski definition) is 1. The van der Waals surface area contributed by atoms with Crippen LogP contribution in [0.1, 0.15) is 10.5 Å². The smallest absolute Gasteiger partial charge is 0.270 e. The summed E-state index contributed by atoms with van der Waals surface area (Å²) in [7, 11) is 0. The van der Waals surface area contributed by atoms with Crippen molar-refractivity contribution in [1.29, 1.82) is 0 Å². The maximum absolute atomic E-state index is 13.2. The van der Waals surface area contributed by atoms with E-state index in [0.717, 1.165) is 0 Å². The Hall–Kier alpha value is -1.95. The molecule has 1 aromatic carbocycles. The highest BCUT2D eigenvalue weighted by Crippen LogP contribution is 2.14. The fraction of sp³-hybridized carbons (Fsp3) is 0.167. The van der Waals surface area contributed by atoms with E-state index in [1.54, 1.807) is 23.0 Å². The Kier molecular flexibility index (Phi) is 4.25. The second-order valence-electron chi connectivity index (χ2n) is 3.41. The highest BCUT2D eigenvalue weighted by molar-refractivity contribution is 7.07. The number of nitrogens with zero attached hydrogens (tertiary/aromatic N) is 1. The lowest BCUT2D eigenvalue weighted by Gasteiger charge is -2.07. The van der Waals surface area contributed by atoms with E-state index in [0.29, 0.717) is 12.2 Å². The second-order valence-corrected chi connectivity index (χ2v) is 4.13. The van der Waals surface area contributed by atoms with Crippen molar-refractivity contribution in [2.24, 2.45) is 0 Å². The molecule has 0 aliphatic heterocycles. The van der Waals surface area contributed by atoms with Gasteiger partial charge in [-0.1, -0.05) is 12.1 Å². The van der Waals surface area contributed by atoms with Gasteiger partial charge in [0, 0.05) is 5.38 Å². The molecule has 0 radical (unpaired) electrons. The Morgan fingerprint density at radius 3 is 3.00 bits per heavy atom. The van der Waals surface area contributed by atoms with Crippen LogP contribution in [-0.4, -0.2) is 24.0 Å². The highest BCUT2D eigenvalue weighted by Gasteiger charge is 2.06. The summed E-state index contributed by atoms with van der Waals surface area (Å²) >= 11 is 1.35. The van der Waals surface area contributed by atoms with Crippen LogP contribution in [0.15, 0.2) is 35.2 Å². The van der Waals surface area contributed by atoms with E-state index >= 15 is 0 Å². The molecule has 0 aliphatic rings. The molecule has 1 amide bonds. The van der Waals surface area contributed by atoms with Crippen molar-refractivity contribution in [3.8, 4) is 5.75 Å². The number of carbonyl (C=O) groups excluding carboxylic acids is 1. The summed E-state index contributed by atoms with van der Waals surface area (Å²) in [5, 5.41) is 4.29. The van der Waals surface area contributed by atoms with Crippen LogP contribution in [-0.2, 0) is 0 Å². The summed E-state index contributed by atoms with van der Waals surface area (Å²) in [4.78, 5) is 15.4. The molecule has 1 heterocycles. The van der Waals surface area contributed by atoms with Crippen molar-refractivity contribution < 1.29 is 13.9 Å². The quantitative estimate of drug-likeness (QED) is 0.843. The Balaban J connectivity index is 1.74. The van der Waals surface area contributed by atoms with Gasteiger partial charge in [0.2, 0.25) is 0 Å². The van der Waals surface area contributed by atoms with Crippen LogP contribution in [0.4, 0.5) is 4.39 Å². The van der Waals surface area contributed by atoms with E-state index in [-0.39, 0.29) is 18.3 Å². The van der Waals surface area contributed by atoms with Crippen LogP contribution in [0, 0.1) is 5.82 Å². The van der Waals surface area contributed by atoms with Gasteiger partial charge in [0.1, 0.15) is 12.3 Å². The summed E-state index contributed by atoms with van der Waals surface area (Å²) in [6.07, 6.45) is 0. The van der Waals surface area contributed by atoms with E-state index in [4.69, 9.17) is 4.74 Å². The number of rotatable bonds is 5. The van der Waals surface area contributed by atoms with Crippen molar-refractivity contribution in [2.75, 3.05) is 13.2 Å². The molecule has 0 aliphatic carbocycles. The van der Waals surface area contributed by atoms with Gasteiger partial charge in [-0.15, -0.1) is 11.3 Å². The minimum absolute atomic E-state index is 0.181. The van der Waals surface area contributed by atoms with E-state index < -0.39 is 5.82 Å². The zero-order chi connectivity index (χ0) is 12.8. The molecule has 0 fully saturated rings. The highest BCUT2D eigenvalue weighted by atomic mass is 32.1. The standard InChI is InChI=1S/C12H11FN2O2S/c13-9-3-1-2-4-11(9)17-6-5-14-12(16)10-7-18-8-15-10/h1-4,7-8H,5-6H2,(H,14,16). The Morgan fingerprint density at radius 1 is 1.44 bits per heavy atom. The summed E-state index contributed by atoms with van der Waals surface area (Å²) in [5.41, 5.74) is 1.97. The number of amides is 1. The predicted molar refractivity (Wildman–Crippen MR) is 66.3 cm³/mol. The molecule has 94 valence electrons. The molecule has 1 N–H and O–H groups in total. The number of thiazole rings is 1. The molecule has 0 unspecified atom stereocenters. The molecule has 0 saturated heterocycles. The van der Waals surface area contributed by atoms with Crippen molar-refractivity contribution in [3.63, 3.8) is 0 Å². The lowest BCUT2D eigenvalue weighted by Crippen LogP contribution is -2.28. The van der Waals surface area contributed by atoms with Crippen LogP contribution in [0.5, 0.6) is 5.75 Å². The molecule has 0 atom stereocenters. The van der Waals surface area contributed by atoms with Crippen LogP contribution in [0.25, 0.3) is 0 Å². The minimum Gasteiger partial charge on any atom is -0.489 e. The molecule has 6 heteroatoms. The monoisotopic (exact) mass is 266 g/mol. The number of carbonyl (C=O) groups is 1. The number of benzene rings is 1. The van der Waals surface area contributed by atoms with Crippen LogP contribution < -0.4 is 10.1 Å². The molecule has 2 aromatic rings. The predicted octanol–water partition coefficient (Wildman–Crippen LogP) is 2.09. The molecule has 18 heavy (non-hydrogen) atoms. The number of ether oxygens (including phenoxy) is 1. The first-order valence-corrected chi connectivity index (χ1v) is 6.25. The molecule has 0 bridgehead atoms. The zero-order valence-corrected chi connectivity index (χ0v) is 10.2. The van der Waals surface area contributed by atoms with Crippen molar-refractivity contribution in [2.45, 2.75) is 0 Å². The molecule has 0 saturated carbocycles. The number of hydrogen-bond acceptors (Lipinski definition) is 4. The zero-order valence-electron chi connectivity index (χ0n) is 9.43. The van der Waals surface area contributed by atoms with Gasteiger partial charge in [-0.05, 0) is 12.1 Å². The lowest BCUT2D eigenvalue weighted by molar-refractivity contribution is 0.0942. The van der Waals surface area contributed by atoms with E-state index in [9.17, 15) is 9.18 Å². The third kappa shape index (κ3) is 3.27.